The summed E-state index contributed by atoms with van der Waals surface area (Å²) in [6.45, 7) is 0. The highest BCUT2D eigenvalue weighted by Crippen LogP contribution is 2.26. The molecule has 6 heteroatoms. The van der Waals surface area contributed by atoms with Crippen LogP contribution in [-0.2, 0) is 22.4 Å². The Bertz CT molecular complexity index is 745. The van der Waals surface area contributed by atoms with Crippen LogP contribution in [0.25, 0.3) is 0 Å². The number of aromatic hydroxyl groups is 2. The van der Waals surface area contributed by atoms with Crippen molar-refractivity contribution in [3.63, 3.8) is 0 Å². The number of Topliss-reactive ketones (excluding diaryl/α,β-unsaturated/α-hetero) is 2. The van der Waals surface area contributed by atoms with Gasteiger partial charge in [-0.15, -0.1) is 0 Å². The van der Waals surface area contributed by atoms with Crippen molar-refractivity contribution in [3.05, 3.63) is 47.5 Å². The Balaban J connectivity index is 1.83. The van der Waals surface area contributed by atoms with Gasteiger partial charge in [0.15, 0.2) is 0 Å². The first-order chi connectivity index (χ1) is 12.9. The molecule has 0 aliphatic rings. The number of aryl methyl sites for hydroxylation is 2. The lowest BCUT2D eigenvalue weighted by atomic mass is 10.0. The molecule has 144 valence electrons. The summed E-state index contributed by atoms with van der Waals surface area (Å²) >= 11 is 0. The Hall–Kier alpha value is -3.02. The van der Waals surface area contributed by atoms with E-state index in [1.54, 1.807) is 24.3 Å². The number of methoxy groups -OCH3 is 2. The van der Waals surface area contributed by atoms with Crippen LogP contribution in [0.5, 0.6) is 23.0 Å². The summed E-state index contributed by atoms with van der Waals surface area (Å²) < 4.78 is 10.4. The molecule has 2 rings (SSSR count). The molecule has 0 saturated carbocycles. The van der Waals surface area contributed by atoms with Gasteiger partial charge in [-0.25, -0.2) is 0 Å². The number of benzene rings is 2. The average Bonchev–Trinajstić information content (AvgIpc) is 2.65. The van der Waals surface area contributed by atoms with Gasteiger partial charge in [-0.1, -0.05) is 12.1 Å². The van der Waals surface area contributed by atoms with Crippen molar-refractivity contribution in [1.29, 1.82) is 0 Å². The van der Waals surface area contributed by atoms with Gasteiger partial charge in [-0.2, -0.15) is 0 Å². The van der Waals surface area contributed by atoms with Crippen molar-refractivity contribution >= 4 is 11.6 Å². The Labute approximate surface area is 158 Å². The van der Waals surface area contributed by atoms with Gasteiger partial charge in [-0.3, -0.25) is 9.59 Å². The maximum atomic E-state index is 12.1. The summed E-state index contributed by atoms with van der Waals surface area (Å²) in [6.07, 6.45) is 1.24. The van der Waals surface area contributed by atoms with Crippen molar-refractivity contribution in [2.45, 2.75) is 32.1 Å². The predicted octanol–water partition coefficient (Wildman–Crippen LogP) is 3.21. The number of ketones is 2. The molecule has 0 amide bonds. The second-order valence-electron chi connectivity index (χ2n) is 6.25. The zero-order chi connectivity index (χ0) is 19.8. The van der Waals surface area contributed by atoms with Crippen molar-refractivity contribution < 1.29 is 29.3 Å². The van der Waals surface area contributed by atoms with Crippen LogP contribution in [0.1, 0.15) is 30.4 Å². The topological polar surface area (TPSA) is 93.1 Å². The van der Waals surface area contributed by atoms with E-state index in [2.05, 4.69) is 0 Å². The maximum absolute atomic E-state index is 12.1. The molecule has 0 atom stereocenters. The van der Waals surface area contributed by atoms with Crippen LogP contribution in [0.4, 0.5) is 0 Å². The molecule has 0 saturated heterocycles. The first-order valence-corrected chi connectivity index (χ1v) is 8.68. The smallest absolute Gasteiger partial charge is 0.140 e. The number of hydrogen-bond donors (Lipinski definition) is 2. The zero-order valence-electron chi connectivity index (χ0n) is 15.5. The first kappa shape index (κ1) is 20.3. The molecule has 0 radical (unpaired) electrons. The van der Waals surface area contributed by atoms with Gasteiger partial charge in [0.2, 0.25) is 0 Å². The van der Waals surface area contributed by atoms with Gasteiger partial charge < -0.3 is 19.7 Å². The monoisotopic (exact) mass is 372 g/mol. The predicted molar refractivity (Wildman–Crippen MR) is 101 cm³/mol. The van der Waals surface area contributed by atoms with Gasteiger partial charge in [0.05, 0.1) is 20.6 Å². The Kier molecular flexibility index (Phi) is 7.23. The molecule has 0 aliphatic heterocycles. The summed E-state index contributed by atoms with van der Waals surface area (Å²) in [4.78, 5) is 24.2. The van der Waals surface area contributed by atoms with E-state index in [1.807, 2.05) is 0 Å². The number of rotatable bonds is 10. The van der Waals surface area contributed by atoms with E-state index in [1.165, 1.54) is 26.4 Å². The van der Waals surface area contributed by atoms with Crippen LogP contribution in [0.15, 0.2) is 36.4 Å². The highest BCUT2D eigenvalue weighted by atomic mass is 16.5. The molecule has 0 spiro atoms. The van der Waals surface area contributed by atoms with Gasteiger partial charge in [0.1, 0.15) is 34.6 Å². The second kappa shape index (κ2) is 9.62. The minimum Gasteiger partial charge on any atom is -0.508 e. The fraction of sp³-hybridized carbons (Fsp3) is 0.333. The van der Waals surface area contributed by atoms with Crippen LogP contribution in [0.3, 0.4) is 0 Å². The minimum absolute atomic E-state index is 0.0989. The van der Waals surface area contributed by atoms with E-state index >= 15 is 0 Å². The third-order valence-electron chi connectivity index (χ3n) is 4.28. The molecule has 2 N–H and O–H groups in total. The molecule has 27 heavy (non-hydrogen) atoms. The van der Waals surface area contributed by atoms with Crippen molar-refractivity contribution in [1.82, 2.24) is 0 Å². The molecule has 0 aromatic heterocycles. The Morgan fingerprint density at radius 1 is 0.778 bits per heavy atom. The van der Waals surface area contributed by atoms with Gasteiger partial charge in [0, 0.05) is 25.0 Å². The number of carbonyl (C=O) groups excluding carboxylic acids is 2. The summed E-state index contributed by atoms with van der Waals surface area (Å²) in [5, 5.41) is 18.9. The molecule has 0 aliphatic carbocycles. The van der Waals surface area contributed by atoms with Crippen molar-refractivity contribution in [2.24, 2.45) is 0 Å². The Morgan fingerprint density at radius 2 is 1.19 bits per heavy atom. The molecule has 0 fully saturated rings. The largest absolute Gasteiger partial charge is 0.508 e. The van der Waals surface area contributed by atoms with E-state index in [-0.39, 0.29) is 42.3 Å². The first-order valence-electron chi connectivity index (χ1n) is 8.68. The normalized spacial score (nSPS) is 10.4. The molecule has 2 aromatic rings. The lowest BCUT2D eigenvalue weighted by Gasteiger charge is -2.09. The molecule has 0 heterocycles. The number of hydrogen-bond acceptors (Lipinski definition) is 6. The molecular formula is C21H24O6. The molecule has 0 unspecified atom stereocenters. The van der Waals surface area contributed by atoms with Crippen LogP contribution < -0.4 is 9.47 Å². The highest BCUT2D eigenvalue weighted by molar-refractivity contribution is 5.99. The Morgan fingerprint density at radius 3 is 1.56 bits per heavy atom. The van der Waals surface area contributed by atoms with Gasteiger partial charge >= 0.3 is 0 Å². The molecular weight excluding hydrogens is 348 g/mol. The van der Waals surface area contributed by atoms with Gasteiger partial charge in [0.25, 0.3) is 0 Å². The van der Waals surface area contributed by atoms with E-state index in [9.17, 15) is 19.8 Å². The lowest BCUT2D eigenvalue weighted by molar-refractivity contribution is -0.126. The molecule has 0 bridgehead atoms. The van der Waals surface area contributed by atoms with Gasteiger partial charge in [-0.05, 0) is 36.1 Å². The third-order valence-corrected chi connectivity index (χ3v) is 4.28. The SMILES string of the molecule is COc1cc(O)ccc1CCC(=O)CC(=O)CCc1ccc(O)cc1OC. The third kappa shape index (κ3) is 6.02. The second-order valence-corrected chi connectivity index (χ2v) is 6.25. The minimum atomic E-state index is -0.132. The van der Waals surface area contributed by atoms with Crippen LogP contribution in [-0.4, -0.2) is 36.0 Å². The van der Waals surface area contributed by atoms with Crippen molar-refractivity contribution in [2.75, 3.05) is 14.2 Å². The molecule has 6 nitrogen and oxygen atoms in total. The number of carbonyl (C=O) groups is 2. The van der Waals surface area contributed by atoms with Crippen molar-refractivity contribution in [3.8, 4) is 23.0 Å². The summed E-state index contributed by atoms with van der Waals surface area (Å²) in [5.41, 5.74) is 1.62. The van der Waals surface area contributed by atoms with E-state index in [0.29, 0.717) is 24.3 Å². The van der Waals surface area contributed by atoms with Crippen LogP contribution >= 0.6 is 0 Å². The standard InChI is InChI=1S/C21H24O6/c1-26-20-12-18(24)9-5-14(20)3-7-16(22)11-17(23)8-4-15-6-10-19(25)13-21(15)27-2/h5-6,9-10,12-13,24-25H,3-4,7-8,11H2,1-2H3. The summed E-state index contributed by atoms with van der Waals surface area (Å²) in [7, 11) is 3.00. The summed E-state index contributed by atoms with van der Waals surface area (Å²) in [5.74, 6) is 0.978. The van der Waals surface area contributed by atoms with Crippen LogP contribution in [0.2, 0.25) is 0 Å². The fourth-order valence-corrected chi connectivity index (χ4v) is 2.82. The van der Waals surface area contributed by atoms with E-state index in [0.717, 1.165) is 11.1 Å². The summed E-state index contributed by atoms with van der Waals surface area (Å²) in [6, 6.07) is 9.49. The average molecular weight is 372 g/mol. The maximum Gasteiger partial charge on any atom is 0.140 e. The van der Waals surface area contributed by atoms with E-state index < -0.39 is 0 Å². The van der Waals surface area contributed by atoms with E-state index in [4.69, 9.17) is 9.47 Å². The number of ether oxygens (including phenoxy) is 2. The molecule has 2 aromatic carbocycles. The number of phenolic OH excluding ortho intramolecular Hbond substituents is 2. The highest BCUT2D eigenvalue weighted by Gasteiger charge is 2.13. The number of phenols is 2. The van der Waals surface area contributed by atoms with Crippen LogP contribution in [0, 0.1) is 0 Å². The lowest BCUT2D eigenvalue weighted by Crippen LogP contribution is -2.10. The zero-order valence-corrected chi connectivity index (χ0v) is 15.5. The fourth-order valence-electron chi connectivity index (χ4n) is 2.82. The quantitative estimate of drug-likeness (QED) is 0.622.